The molecule has 0 aromatic heterocycles. The summed E-state index contributed by atoms with van der Waals surface area (Å²) in [4.78, 5) is 13.6. The summed E-state index contributed by atoms with van der Waals surface area (Å²) in [6.07, 6.45) is 37.6. The summed E-state index contributed by atoms with van der Waals surface area (Å²) in [7, 11) is 0. The maximum absolute atomic E-state index is 11.0. The second-order valence-electron chi connectivity index (χ2n) is 16.5. The average Bonchev–Trinajstić information content (AvgIpc) is 3.49. The Morgan fingerprint density at radius 2 is 1.19 bits per heavy atom. The Morgan fingerprint density at radius 1 is 0.642 bits per heavy atom. The summed E-state index contributed by atoms with van der Waals surface area (Å²) in [5.74, 6) is -0.709. The van der Waals surface area contributed by atoms with Gasteiger partial charge in [-0.25, -0.2) is 0 Å². The molecule has 0 unspecified atom stereocenters. The number of benzene rings is 2. The first-order chi connectivity index (χ1) is 25.7. The minimum atomic E-state index is -0.709. The second-order valence-corrected chi connectivity index (χ2v) is 16.5. The van der Waals surface area contributed by atoms with Crippen LogP contribution in [0.1, 0.15) is 161 Å². The van der Waals surface area contributed by atoms with Crippen molar-refractivity contribution in [3.63, 3.8) is 0 Å². The predicted octanol–water partition coefficient (Wildman–Crippen LogP) is 13.5. The zero-order valence-corrected chi connectivity index (χ0v) is 34.1. The van der Waals surface area contributed by atoms with Gasteiger partial charge in [0.05, 0.1) is 5.41 Å². The molecule has 2 aliphatic rings. The molecule has 0 radical (unpaired) electrons. The quantitative estimate of drug-likeness (QED) is 0.0631. The molecule has 2 heterocycles. The lowest BCUT2D eigenvalue weighted by Crippen LogP contribution is -2.27. The molecule has 4 rings (SSSR count). The number of carboxylic acid groups (broad SMARTS) is 1. The molecular formula is C49H71N2O2+. The van der Waals surface area contributed by atoms with Crippen molar-refractivity contribution in [3.05, 3.63) is 108 Å². The highest BCUT2D eigenvalue weighted by molar-refractivity contribution is 6.03. The molecule has 0 fully saturated rings. The van der Waals surface area contributed by atoms with Crippen LogP contribution in [-0.4, -0.2) is 34.5 Å². The number of hydrogen-bond acceptors (Lipinski definition) is 2. The molecule has 0 amide bonds. The third-order valence-corrected chi connectivity index (χ3v) is 11.6. The molecule has 1 N–H and O–H groups in total. The van der Waals surface area contributed by atoms with Gasteiger partial charge < -0.3 is 10.0 Å². The van der Waals surface area contributed by atoms with E-state index < -0.39 is 5.97 Å². The van der Waals surface area contributed by atoms with E-state index in [1.165, 1.54) is 124 Å². The number of carbonyl (C=O) groups is 1. The van der Waals surface area contributed by atoms with Gasteiger partial charge in [0, 0.05) is 53.9 Å². The largest absolute Gasteiger partial charge is 0.481 e. The number of rotatable bonds is 25. The van der Waals surface area contributed by atoms with Crippen molar-refractivity contribution in [3.8, 4) is 0 Å². The number of hydrogen-bond donors (Lipinski definition) is 1. The number of nitrogens with zero attached hydrogens (tertiary/aromatic N) is 2. The molecule has 2 aromatic rings. The number of allylic oxidation sites excluding steroid dienone is 8. The van der Waals surface area contributed by atoms with Crippen molar-refractivity contribution in [2.45, 2.75) is 161 Å². The van der Waals surface area contributed by atoms with E-state index in [1.54, 1.807) is 0 Å². The van der Waals surface area contributed by atoms with E-state index in [0.29, 0.717) is 0 Å². The van der Waals surface area contributed by atoms with Gasteiger partial charge in [0.2, 0.25) is 5.69 Å². The van der Waals surface area contributed by atoms with Gasteiger partial charge in [-0.3, -0.25) is 4.79 Å². The molecule has 0 bridgehead atoms. The van der Waals surface area contributed by atoms with Crippen LogP contribution < -0.4 is 4.90 Å². The van der Waals surface area contributed by atoms with Gasteiger partial charge >= 0.3 is 5.97 Å². The second kappa shape index (κ2) is 21.9. The van der Waals surface area contributed by atoms with Gasteiger partial charge in [0.15, 0.2) is 5.71 Å². The Balaban J connectivity index is 1.30. The maximum atomic E-state index is 11.0. The molecule has 2 aromatic carbocycles. The van der Waals surface area contributed by atoms with Crippen molar-refractivity contribution in [2.75, 3.05) is 18.0 Å². The molecule has 0 atom stereocenters. The Morgan fingerprint density at radius 3 is 1.85 bits per heavy atom. The lowest BCUT2D eigenvalue weighted by atomic mass is 9.81. The van der Waals surface area contributed by atoms with Crippen LogP contribution in [0.3, 0.4) is 0 Å². The highest BCUT2D eigenvalue weighted by Gasteiger charge is 2.43. The van der Waals surface area contributed by atoms with E-state index >= 15 is 0 Å². The van der Waals surface area contributed by atoms with Gasteiger partial charge in [-0.1, -0.05) is 171 Å². The standard InChI is InChI=1S/C49H70N2O2/c1-6-7-8-9-10-11-12-13-14-15-16-17-21-30-39-50-43-34-28-26-32-41(43)48(2,3)45(50)36-23-19-18-20-24-37-46-49(4,5)42-33-27-29-35-44(42)51(46)40-31-22-25-38-47(52)53/h18-20,23-24,26-29,32-37H,6-17,21-22,25,30-31,38-40H2,1-5H3/p+1. The topological polar surface area (TPSA) is 43.5 Å². The third-order valence-electron chi connectivity index (χ3n) is 11.6. The SMILES string of the molecule is CCCCCCCCCCCCCCCCN1C(=CC=CC=CC=CC2=[N+](CCCCCC(=O)O)c3ccccc3C2(C)C)C(C)(C)c2ccccc21. The molecule has 53 heavy (non-hydrogen) atoms. The molecule has 0 saturated heterocycles. The maximum Gasteiger partial charge on any atom is 0.303 e. The zero-order valence-electron chi connectivity index (χ0n) is 34.1. The first kappa shape index (κ1) is 42.1. The molecular weight excluding hydrogens is 649 g/mol. The molecule has 4 nitrogen and oxygen atoms in total. The van der Waals surface area contributed by atoms with Gasteiger partial charge in [-0.2, -0.15) is 4.58 Å². The van der Waals surface area contributed by atoms with Crippen LogP contribution in [0.25, 0.3) is 0 Å². The minimum Gasteiger partial charge on any atom is -0.481 e. The molecule has 4 heteroatoms. The van der Waals surface area contributed by atoms with Gasteiger partial charge in [0.25, 0.3) is 0 Å². The van der Waals surface area contributed by atoms with Crippen LogP contribution in [0.4, 0.5) is 11.4 Å². The van der Waals surface area contributed by atoms with E-state index in [9.17, 15) is 4.79 Å². The predicted molar refractivity (Wildman–Crippen MR) is 228 cm³/mol. The fourth-order valence-corrected chi connectivity index (χ4v) is 8.44. The van der Waals surface area contributed by atoms with Gasteiger partial charge in [0.1, 0.15) is 6.54 Å². The summed E-state index contributed by atoms with van der Waals surface area (Å²) in [5.41, 5.74) is 7.95. The summed E-state index contributed by atoms with van der Waals surface area (Å²) < 4.78 is 2.44. The van der Waals surface area contributed by atoms with Crippen molar-refractivity contribution < 1.29 is 14.5 Å². The van der Waals surface area contributed by atoms with Gasteiger partial charge in [-0.05, 0) is 50.8 Å². The highest BCUT2D eigenvalue weighted by Crippen LogP contribution is 2.47. The summed E-state index contributed by atoms with van der Waals surface area (Å²) in [5, 5.41) is 9.03. The molecule has 2 aliphatic heterocycles. The van der Waals surface area contributed by atoms with E-state index in [2.05, 4.69) is 135 Å². The van der Waals surface area contributed by atoms with Crippen LogP contribution >= 0.6 is 0 Å². The Hall–Kier alpha value is -3.66. The molecule has 0 spiro atoms. The Bertz CT molecular complexity index is 1590. The van der Waals surface area contributed by atoms with Crippen LogP contribution in [0.2, 0.25) is 0 Å². The lowest BCUT2D eigenvalue weighted by molar-refractivity contribution is -0.438. The smallest absolute Gasteiger partial charge is 0.303 e. The van der Waals surface area contributed by atoms with Gasteiger partial charge in [-0.15, -0.1) is 0 Å². The van der Waals surface area contributed by atoms with E-state index in [0.717, 1.165) is 32.4 Å². The van der Waals surface area contributed by atoms with Crippen molar-refractivity contribution in [2.24, 2.45) is 0 Å². The van der Waals surface area contributed by atoms with E-state index in [4.69, 9.17) is 5.11 Å². The first-order valence-electron chi connectivity index (χ1n) is 21.2. The van der Waals surface area contributed by atoms with Crippen LogP contribution in [0.5, 0.6) is 0 Å². The van der Waals surface area contributed by atoms with E-state index in [1.807, 2.05) is 0 Å². The number of para-hydroxylation sites is 2. The van der Waals surface area contributed by atoms with E-state index in [-0.39, 0.29) is 17.3 Å². The molecule has 0 saturated carbocycles. The number of aliphatic carboxylic acids is 1. The number of fused-ring (bicyclic) bond motifs is 2. The van der Waals surface area contributed by atoms with Crippen molar-refractivity contribution >= 4 is 23.1 Å². The van der Waals surface area contributed by atoms with Crippen LogP contribution in [-0.2, 0) is 15.6 Å². The average molecular weight is 720 g/mol. The fraction of sp³-hybridized carbons (Fsp3) is 0.551. The lowest BCUT2D eigenvalue weighted by Gasteiger charge is -2.27. The fourth-order valence-electron chi connectivity index (χ4n) is 8.44. The van der Waals surface area contributed by atoms with Crippen LogP contribution in [0, 0.1) is 0 Å². The summed E-state index contributed by atoms with van der Waals surface area (Å²) in [6.45, 7) is 13.6. The highest BCUT2D eigenvalue weighted by atomic mass is 16.4. The Labute approximate surface area is 323 Å². The molecule has 0 aliphatic carbocycles. The van der Waals surface area contributed by atoms with Crippen molar-refractivity contribution in [1.29, 1.82) is 0 Å². The third kappa shape index (κ3) is 12.2. The Kier molecular flexibility index (Phi) is 17.4. The summed E-state index contributed by atoms with van der Waals surface area (Å²) in [6, 6.07) is 17.7. The first-order valence-corrected chi connectivity index (χ1v) is 21.2. The van der Waals surface area contributed by atoms with Crippen molar-refractivity contribution in [1.82, 2.24) is 0 Å². The minimum absolute atomic E-state index is 0.0304. The molecule has 288 valence electrons. The number of anilines is 1. The number of unbranched alkanes of at least 4 members (excludes halogenated alkanes) is 15. The van der Waals surface area contributed by atoms with Crippen LogP contribution in [0.15, 0.2) is 96.8 Å². The monoisotopic (exact) mass is 720 g/mol. The normalized spacial score (nSPS) is 16.9. The number of carboxylic acids is 1. The zero-order chi connectivity index (χ0) is 37.9. The summed E-state index contributed by atoms with van der Waals surface area (Å²) >= 11 is 0.